The summed E-state index contributed by atoms with van der Waals surface area (Å²) in [6, 6.07) is 4.65. The summed E-state index contributed by atoms with van der Waals surface area (Å²) < 4.78 is 58.0. The van der Waals surface area contributed by atoms with E-state index in [1.165, 1.54) is 13.0 Å². The summed E-state index contributed by atoms with van der Waals surface area (Å²) in [5.41, 5.74) is -1.07. The van der Waals surface area contributed by atoms with Crippen molar-refractivity contribution in [1.29, 1.82) is 0 Å². The predicted octanol–water partition coefficient (Wildman–Crippen LogP) is 3.20. The summed E-state index contributed by atoms with van der Waals surface area (Å²) in [6.45, 7) is 0.489. The molecule has 2 N–H and O–H groups in total. The Bertz CT molecular complexity index is 971. The van der Waals surface area contributed by atoms with Crippen LogP contribution in [0.25, 0.3) is 0 Å². The number of ether oxygens (including phenoxy) is 1. The Labute approximate surface area is 166 Å². The van der Waals surface area contributed by atoms with Gasteiger partial charge in [0.15, 0.2) is 23.6 Å². The molecule has 0 saturated heterocycles. The van der Waals surface area contributed by atoms with Gasteiger partial charge in [-0.15, -0.1) is 0 Å². The third-order valence-corrected chi connectivity index (χ3v) is 3.77. The van der Waals surface area contributed by atoms with Crippen molar-refractivity contribution in [1.82, 2.24) is 5.32 Å². The van der Waals surface area contributed by atoms with Crippen LogP contribution >= 0.6 is 11.6 Å². The molecular formula is C18H13ClF4N2O4. The molecule has 2 aromatic carbocycles. The van der Waals surface area contributed by atoms with Gasteiger partial charge in [-0.3, -0.25) is 9.59 Å². The molecule has 6 nitrogen and oxygen atoms in total. The van der Waals surface area contributed by atoms with Crippen LogP contribution in [-0.2, 0) is 14.3 Å². The molecule has 2 aromatic rings. The molecule has 0 aliphatic carbocycles. The van der Waals surface area contributed by atoms with Crippen LogP contribution in [-0.4, -0.2) is 30.4 Å². The highest BCUT2D eigenvalue weighted by molar-refractivity contribution is 6.30. The first kappa shape index (κ1) is 22.2. The number of rotatable bonds is 6. The van der Waals surface area contributed by atoms with Gasteiger partial charge in [0.05, 0.1) is 17.8 Å². The van der Waals surface area contributed by atoms with Crippen molar-refractivity contribution >= 4 is 35.1 Å². The molecule has 154 valence electrons. The Morgan fingerprint density at radius 2 is 1.72 bits per heavy atom. The Hall–Kier alpha value is -3.14. The fourth-order valence-electron chi connectivity index (χ4n) is 2.06. The van der Waals surface area contributed by atoms with Gasteiger partial charge in [0.25, 0.3) is 5.91 Å². The second-order valence-electron chi connectivity index (χ2n) is 5.66. The third kappa shape index (κ3) is 5.67. The molecule has 0 bridgehead atoms. The number of hydrogen-bond acceptors (Lipinski definition) is 4. The summed E-state index contributed by atoms with van der Waals surface area (Å²) in [5, 5.41) is 4.11. The largest absolute Gasteiger partial charge is 0.449 e. The number of halogens is 5. The maximum Gasteiger partial charge on any atom is 0.341 e. The zero-order valence-electron chi connectivity index (χ0n) is 14.7. The van der Waals surface area contributed by atoms with Gasteiger partial charge in [-0.05, 0) is 37.3 Å². The minimum absolute atomic E-state index is 0.0633. The third-order valence-electron chi connectivity index (χ3n) is 3.54. The Morgan fingerprint density at radius 3 is 2.38 bits per heavy atom. The first-order valence-electron chi connectivity index (χ1n) is 7.97. The van der Waals surface area contributed by atoms with Crippen LogP contribution in [0.1, 0.15) is 17.3 Å². The molecule has 2 rings (SSSR count). The van der Waals surface area contributed by atoms with Crippen molar-refractivity contribution in [2.24, 2.45) is 0 Å². The van der Waals surface area contributed by atoms with Crippen molar-refractivity contribution < 1.29 is 36.7 Å². The van der Waals surface area contributed by atoms with E-state index in [0.29, 0.717) is 6.07 Å². The normalized spacial score (nSPS) is 11.5. The highest BCUT2D eigenvalue weighted by Crippen LogP contribution is 2.19. The van der Waals surface area contributed by atoms with Crippen molar-refractivity contribution in [2.45, 2.75) is 13.0 Å². The van der Waals surface area contributed by atoms with Gasteiger partial charge < -0.3 is 15.4 Å². The van der Waals surface area contributed by atoms with Crippen LogP contribution in [0.5, 0.6) is 0 Å². The van der Waals surface area contributed by atoms with E-state index in [4.69, 9.17) is 16.3 Å². The first-order valence-corrected chi connectivity index (χ1v) is 8.35. The van der Waals surface area contributed by atoms with Gasteiger partial charge >= 0.3 is 5.97 Å². The SMILES string of the molecule is CC(OC(=O)c1ccc(Cl)cc1F)C(=O)NCC(=O)Nc1ccc(F)c(F)c1F. The van der Waals surface area contributed by atoms with E-state index in [0.717, 1.165) is 18.2 Å². The molecule has 0 radical (unpaired) electrons. The average Bonchev–Trinajstić information content (AvgIpc) is 2.66. The number of carbonyl (C=O) groups excluding carboxylic acids is 3. The molecule has 0 saturated carbocycles. The number of hydrogen-bond donors (Lipinski definition) is 2. The molecule has 1 atom stereocenters. The molecule has 0 aliphatic heterocycles. The molecule has 2 amide bonds. The van der Waals surface area contributed by atoms with Gasteiger partial charge in [0, 0.05) is 5.02 Å². The van der Waals surface area contributed by atoms with E-state index in [9.17, 15) is 31.9 Å². The van der Waals surface area contributed by atoms with Crippen LogP contribution in [0.3, 0.4) is 0 Å². The van der Waals surface area contributed by atoms with E-state index in [1.54, 1.807) is 0 Å². The second kappa shape index (κ2) is 9.37. The number of nitrogens with one attached hydrogen (secondary N) is 2. The quantitative estimate of drug-likeness (QED) is 0.417. The fourth-order valence-corrected chi connectivity index (χ4v) is 2.22. The van der Waals surface area contributed by atoms with Gasteiger partial charge in [-0.25, -0.2) is 22.4 Å². The van der Waals surface area contributed by atoms with E-state index in [-0.39, 0.29) is 5.02 Å². The van der Waals surface area contributed by atoms with E-state index in [2.05, 4.69) is 5.32 Å². The second-order valence-corrected chi connectivity index (χ2v) is 6.10. The highest BCUT2D eigenvalue weighted by atomic mass is 35.5. The minimum Gasteiger partial charge on any atom is -0.449 e. The molecular weight excluding hydrogens is 420 g/mol. The number of anilines is 1. The van der Waals surface area contributed by atoms with E-state index < -0.39 is 65.0 Å². The average molecular weight is 433 g/mol. The highest BCUT2D eigenvalue weighted by Gasteiger charge is 2.22. The lowest BCUT2D eigenvalue weighted by Gasteiger charge is -2.14. The fraction of sp³-hybridized carbons (Fsp3) is 0.167. The zero-order chi connectivity index (χ0) is 21.7. The molecule has 29 heavy (non-hydrogen) atoms. The summed E-state index contributed by atoms with van der Waals surface area (Å²) in [6.07, 6.45) is -1.40. The topological polar surface area (TPSA) is 84.5 Å². The smallest absolute Gasteiger partial charge is 0.341 e. The molecule has 1 unspecified atom stereocenters. The Balaban J connectivity index is 1.89. The maximum atomic E-state index is 13.7. The first-order chi connectivity index (χ1) is 13.6. The number of benzene rings is 2. The van der Waals surface area contributed by atoms with Crippen LogP contribution < -0.4 is 10.6 Å². The molecule has 0 heterocycles. The Morgan fingerprint density at radius 1 is 1.03 bits per heavy atom. The van der Waals surface area contributed by atoms with Crippen LogP contribution in [0.4, 0.5) is 23.2 Å². The number of carbonyl (C=O) groups is 3. The lowest BCUT2D eigenvalue weighted by atomic mass is 10.2. The van der Waals surface area contributed by atoms with Gasteiger partial charge in [-0.2, -0.15) is 0 Å². The lowest BCUT2D eigenvalue weighted by molar-refractivity contribution is -0.130. The van der Waals surface area contributed by atoms with Crippen LogP contribution in [0.2, 0.25) is 5.02 Å². The summed E-state index contributed by atoms with van der Waals surface area (Å²) in [4.78, 5) is 35.5. The van der Waals surface area contributed by atoms with Gasteiger partial charge in [0.2, 0.25) is 5.91 Å². The van der Waals surface area contributed by atoms with Gasteiger partial charge in [0.1, 0.15) is 5.82 Å². The summed E-state index contributed by atoms with van der Waals surface area (Å²) in [5.74, 6) is -8.72. The molecule has 11 heteroatoms. The van der Waals surface area contributed by atoms with Crippen LogP contribution in [0.15, 0.2) is 30.3 Å². The lowest BCUT2D eigenvalue weighted by Crippen LogP contribution is -2.40. The predicted molar refractivity (Wildman–Crippen MR) is 94.2 cm³/mol. The van der Waals surface area contributed by atoms with Crippen molar-refractivity contribution in [3.63, 3.8) is 0 Å². The Kier molecular flexibility index (Phi) is 7.16. The zero-order valence-corrected chi connectivity index (χ0v) is 15.4. The molecule has 0 aromatic heterocycles. The standard InChI is InChI=1S/C18H13ClF4N2O4/c1-8(29-18(28)10-3-2-9(19)6-12(10)21)17(27)24-7-14(26)25-13-5-4-11(20)15(22)16(13)23/h2-6,8H,7H2,1H3,(H,24,27)(H,25,26). The number of amides is 2. The van der Waals surface area contributed by atoms with Crippen molar-refractivity contribution in [3.05, 3.63) is 64.2 Å². The number of esters is 1. The monoisotopic (exact) mass is 432 g/mol. The summed E-state index contributed by atoms with van der Waals surface area (Å²) in [7, 11) is 0. The van der Waals surface area contributed by atoms with Gasteiger partial charge in [-0.1, -0.05) is 11.6 Å². The molecule has 0 aliphatic rings. The van der Waals surface area contributed by atoms with E-state index in [1.807, 2.05) is 5.32 Å². The van der Waals surface area contributed by atoms with E-state index >= 15 is 0 Å². The van der Waals surface area contributed by atoms with Crippen LogP contribution in [0, 0.1) is 23.3 Å². The van der Waals surface area contributed by atoms with Crippen molar-refractivity contribution in [3.8, 4) is 0 Å². The molecule has 0 fully saturated rings. The molecule has 0 spiro atoms. The maximum absolute atomic E-state index is 13.7. The summed E-state index contributed by atoms with van der Waals surface area (Å²) >= 11 is 5.58. The minimum atomic E-state index is -1.76. The van der Waals surface area contributed by atoms with Crippen molar-refractivity contribution in [2.75, 3.05) is 11.9 Å².